The molecular weight excluding hydrogens is 469 g/mol. The van der Waals surface area contributed by atoms with Crippen molar-refractivity contribution in [2.75, 3.05) is 18.5 Å². The Bertz CT molecular complexity index is 999. The highest BCUT2D eigenvalue weighted by Gasteiger charge is 2.46. The fraction of sp³-hybridized carbons (Fsp3) is 0.706. The number of aromatic nitrogens is 4. The molecule has 0 spiro atoms. The average Bonchev–Trinajstić information content (AvgIpc) is 3.44. The minimum absolute atomic E-state index is 0.0277. The second-order valence-corrected chi connectivity index (χ2v) is 9.99. The molecule has 1 aliphatic carbocycles. The first kappa shape index (κ1) is 23.7. The van der Waals surface area contributed by atoms with Gasteiger partial charge in [-0.25, -0.2) is 4.68 Å². The Morgan fingerprint density at radius 2 is 2.00 bits per heavy atom. The molecule has 2 aliphatic rings. The topological polar surface area (TPSA) is 192 Å². The number of nitrogens with one attached hydrogen (secondary N) is 1. The van der Waals surface area contributed by atoms with Gasteiger partial charge in [0.1, 0.15) is 24.1 Å². The zero-order valence-electron chi connectivity index (χ0n) is 16.9. The first-order valence-electron chi connectivity index (χ1n) is 10.2. The molecule has 1 saturated heterocycles. The van der Waals surface area contributed by atoms with Gasteiger partial charge in [-0.2, -0.15) is 15.1 Å². The van der Waals surface area contributed by atoms with E-state index in [9.17, 15) is 24.6 Å². The summed E-state index contributed by atoms with van der Waals surface area (Å²) in [4.78, 5) is 26.8. The number of hydrogen-bond acceptors (Lipinski definition) is 10. The van der Waals surface area contributed by atoms with Crippen molar-refractivity contribution in [2.24, 2.45) is 0 Å². The molecule has 15 heteroatoms. The van der Waals surface area contributed by atoms with Crippen LogP contribution in [-0.2, 0) is 14.0 Å². The maximum Gasteiger partial charge on any atom is 0.356 e. The van der Waals surface area contributed by atoms with Gasteiger partial charge in [0.2, 0.25) is 5.28 Å². The van der Waals surface area contributed by atoms with Gasteiger partial charge in [-0.15, -0.1) is 0 Å². The Balaban J connectivity index is 1.54. The summed E-state index contributed by atoms with van der Waals surface area (Å²) in [5.41, 5.74) is 0.284. The summed E-state index contributed by atoms with van der Waals surface area (Å²) in [6.07, 6.45) is 0.608. The molecule has 6 N–H and O–H groups in total. The van der Waals surface area contributed by atoms with Crippen LogP contribution in [-0.4, -0.2) is 88.3 Å². The molecule has 1 saturated carbocycles. The monoisotopic (exact) mass is 493 g/mol. The van der Waals surface area contributed by atoms with Gasteiger partial charge < -0.3 is 39.9 Å². The van der Waals surface area contributed by atoms with Crippen LogP contribution in [0.2, 0.25) is 5.28 Å². The van der Waals surface area contributed by atoms with Crippen LogP contribution < -0.4 is 5.32 Å². The number of ether oxygens (including phenoxy) is 2. The highest BCUT2D eigenvalue weighted by molar-refractivity contribution is 7.52. The summed E-state index contributed by atoms with van der Waals surface area (Å²) < 4.78 is 23.3. The smallest absolute Gasteiger partial charge is 0.356 e. The maximum absolute atomic E-state index is 11.3. The highest BCUT2D eigenvalue weighted by Crippen LogP contribution is 2.42. The quantitative estimate of drug-likeness (QED) is 0.213. The third-order valence-corrected chi connectivity index (χ3v) is 6.92. The molecule has 0 aromatic carbocycles. The lowest BCUT2D eigenvalue weighted by molar-refractivity contribution is -0.0807. The molecule has 1 unspecified atom stereocenters. The normalized spacial score (nSPS) is 27.9. The number of aliphatic hydroxyl groups excluding tert-OH is 3. The van der Waals surface area contributed by atoms with Crippen LogP contribution in [0, 0.1) is 0 Å². The molecule has 178 valence electrons. The molecule has 2 aromatic rings. The number of rotatable bonds is 8. The second-order valence-electron chi connectivity index (χ2n) is 7.90. The Kier molecular flexibility index (Phi) is 7.01. The van der Waals surface area contributed by atoms with Crippen LogP contribution >= 0.6 is 19.2 Å². The van der Waals surface area contributed by atoms with Crippen LogP contribution in [0.3, 0.4) is 0 Å². The predicted molar refractivity (Wildman–Crippen MR) is 111 cm³/mol. The minimum atomic E-state index is -4.72. The fourth-order valence-corrected chi connectivity index (χ4v) is 4.65. The van der Waals surface area contributed by atoms with Gasteiger partial charge in [-0.1, -0.05) is 12.8 Å². The predicted octanol–water partition coefficient (Wildman–Crippen LogP) is -0.0339. The maximum atomic E-state index is 11.3. The molecule has 0 bridgehead atoms. The number of hydrogen-bond donors (Lipinski definition) is 6. The Morgan fingerprint density at radius 3 is 2.66 bits per heavy atom. The van der Waals surface area contributed by atoms with Gasteiger partial charge in [-0.3, -0.25) is 4.57 Å². The molecular formula is C17H25ClN5O8P. The summed E-state index contributed by atoms with van der Waals surface area (Å²) in [7, 11) is -4.72. The van der Waals surface area contributed by atoms with Crippen molar-refractivity contribution >= 4 is 36.0 Å². The zero-order chi connectivity index (χ0) is 23.0. The van der Waals surface area contributed by atoms with E-state index < -0.39 is 51.2 Å². The van der Waals surface area contributed by atoms with Crippen LogP contribution in [0.1, 0.15) is 31.9 Å². The lowest BCUT2D eigenvalue weighted by Crippen LogP contribution is -2.35. The van der Waals surface area contributed by atoms with Crippen molar-refractivity contribution in [3.8, 4) is 0 Å². The zero-order valence-corrected chi connectivity index (χ0v) is 18.5. The van der Waals surface area contributed by atoms with E-state index in [0.29, 0.717) is 11.2 Å². The molecule has 2 aromatic heterocycles. The van der Waals surface area contributed by atoms with Crippen molar-refractivity contribution < 1.29 is 39.1 Å². The Morgan fingerprint density at radius 1 is 1.28 bits per heavy atom. The minimum Gasteiger partial charge on any atom is -0.393 e. The van der Waals surface area contributed by atoms with Crippen LogP contribution in [0.25, 0.3) is 11.0 Å². The van der Waals surface area contributed by atoms with Crippen LogP contribution in [0.4, 0.5) is 5.82 Å². The van der Waals surface area contributed by atoms with Crippen LogP contribution in [0.5, 0.6) is 0 Å². The van der Waals surface area contributed by atoms with Gasteiger partial charge in [0.15, 0.2) is 17.7 Å². The van der Waals surface area contributed by atoms with E-state index in [0.717, 1.165) is 25.7 Å². The Labute approximate surface area is 187 Å². The summed E-state index contributed by atoms with van der Waals surface area (Å²) in [6, 6.07) is 0.262. The molecule has 5 atom stereocenters. The van der Waals surface area contributed by atoms with E-state index >= 15 is 0 Å². The standard InChI is InChI=1S/C17H25ClN5O8P/c18-17-21-14(20-8-3-1-2-4-8)9-5-19-23(15(9)22-17)16-13(26)12(25)10(31-16)7-30-11(6-24)32(27,28)29/h5,8,10-13,16,24-26H,1-4,6-7H2,(H,20,21,22)(H2,27,28,29)/t10?,11-,12-,13-,16-/m1/s1. The third-order valence-electron chi connectivity index (χ3n) is 5.68. The van der Waals surface area contributed by atoms with E-state index in [1.54, 1.807) is 0 Å². The fourth-order valence-electron chi connectivity index (χ4n) is 3.99. The molecule has 4 rings (SSSR count). The van der Waals surface area contributed by atoms with Crippen molar-refractivity contribution in [1.29, 1.82) is 0 Å². The summed E-state index contributed by atoms with van der Waals surface area (Å²) in [5, 5.41) is 38.1. The molecule has 3 heterocycles. The van der Waals surface area contributed by atoms with Gasteiger partial charge in [-0.05, 0) is 24.4 Å². The SMILES string of the molecule is O=P(O)(O)[C@H](CO)OCC1O[C@@H](n2ncc3c(NC4CCCC4)nc(Cl)nc32)[C@H](O)[C@@H]1O. The average molecular weight is 494 g/mol. The molecule has 13 nitrogen and oxygen atoms in total. The van der Waals surface area contributed by atoms with E-state index in [-0.39, 0.29) is 17.0 Å². The molecule has 2 fully saturated rings. The first-order valence-corrected chi connectivity index (χ1v) is 12.2. The number of halogens is 1. The van der Waals surface area contributed by atoms with Crippen molar-refractivity contribution in [1.82, 2.24) is 19.7 Å². The van der Waals surface area contributed by atoms with Crippen molar-refractivity contribution in [3.63, 3.8) is 0 Å². The number of nitrogens with zero attached hydrogens (tertiary/aromatic N) is 4. The third kappa shape index (κ3) is 4.76. The first-order chi connectivity index (χ1) is 15.2. The van der Waals surface area contributed by atoms with Gasteiger partial charge in [0.25, 0.3) is 0 Å². The van der Waals surface area contributed by atoms with Crippen molar-refractivity contribution in [2.45, 2.75) is 62.1 Å². The largest absolute Gasteiger partial charge is 0.393 e. The van der Waals surface area contributed by atoms with Gasteiger partial charge >= 0.3 is 7.60 Å². The van der Waals surface area contributed by atoms with E-state index in [4.69, 9.17) is 26.2 Å². The number of aliphatic hydroxyl groups is 3. The molecule has 32 heavy (non-hydrogen) atoms. The number of anilines is 1. The number of fused-ring (bicyclic) bond motifs is 1. The van der Waals surface area contributed by atoms with Crippen LogP contribution in [0.15, 0.2) is 6.20 Å². The van der Waals surface area contributed by atoms with E-state index in [2.05, 4.69) is 20.4 Å². The van der Waals surface area contributed by atoms with E-state index in [1.807, 2.05) is 0 Å². The van der Waals surface area contributed by atoms with Gasteiger partial charge in [0, 0.05) is 6.04 Å². The lowest BCUT2D eigenvalue weighted by Gasteiger charge is -2.20. The molecule has 0 radical (unpaired) electrons. The van der Waals surface area contributed by atoms with E-state index in [1.165, 1.54) is 10.9 Å². The second kappa shape index (κ2) is 9.45. The summed E-state index contributed by atoms with van der Waals surface area (Å²) in [6.45, 7) is -1.40. The molecule has 0 amide bonds. The van der Waals surface area contributed by atoms with Crippen molar-refractivity contribution in [3.05, 3.63) is 11.5 Å². The highest BCUT2D eigenvalue weighted by atomic mass is 35.5. The summed E-state index contributed by atoms with van der Waals surface area (Å²) >= 11 is 6.11. The lowest BCUT2D eigenvalue weighted by atomic mass is 10.1. The summed E-state index contributed by atoms with van der Waals surface area (Å²) in [5.74, 6) is -1.26. The molecule has 1 aliphatic heterocycles. The Hall–Kier alpha value is -1.41. The van der Waals surface area contributed by atoms with Gasteiger partial charge in [0.05, 0.1) is 24.8 Å².